The quantitative estimate of drug-likeness (QED) is 0.400. The summed E-state index contributed by atoms with van der Waals surface area (Å²) < 4.78 is 39.2. The number of ether oxygens (including phenoxy) is 1. The van der Waals surface area contributed by atoms with Crippen LogP contribution in [0.2, 0.25) is 0 Å². The number of nitrogens with zero attached hydrogens (tertiary/aromatic N) is 5. The SMILES string of the molecule is CCCn1c(COc2ccc(-c3noc(C)n3)cc2)nc2cc(S(=O)(=O)N(C)C)ccc21. The van der Waals surface area contributed by atoms with Gasteiger partial charge in [-0.1, -0.05) is 12.1 Å². The molecular formula is C22H25N5O4S. The number of fused-ring (bicyclic) bond motifs is 1. The van der Waals surface area contributed by atoms with Crippen LogP contribution in [0.15, 0.2) is 51.9 Å². The maximum atomic E-state index is 12.5. The van der Waals surface area contributed by atoms with E-state index in [9.17, 15) is 8.42 Å². The average Bonchev–Trinajstić information content (AvgIpc) is 3.36. The van der Waals surface area contributed by atoms with Gasteiger partial charge in [0.15, 0.2) is 0 Å². The molecule has 0 aliphatic rings. The number of benzene rings is 2. The third-order valence-corrected chi connectivity index (χ3v) is 6.84. The van der Waals surface area contributed by atoms with E-state index in [1.807, 2.05) is 24.3 Å². The molecule has 32 heavy (non-hydrogen) atoms. The van der Waals surface area contributed by atoms with Crippen LogP contribution < -0.4 is 4.74 Å². The molecule has 2 aromatic heterocycles. The molecule has 2 heterocycles. The summed E-state index contributed by atoms with van der Waals surface area (Å²) in [5.41, 5.74) is 2.34. The third kappa shape index (κ3) is 4.23. The van der Waals surface area contributed by atoms with E-state index < -0.39 is 10.0 Å². The van der Waals surface area contributed by atoms with Gasteiger partial charge in [-0.05, 0) is 48.9 Å². The summed E-state index contributed by atoms with van der Waals surface area (Å²) in [5.74, 6) is 2.46. The van der Waals surface area contributed by atoms with E-state index in [4.69, 9.17) is 9.26 Å². The highest BCUT2D eigenvalue weighted by Crippen LogP contribution is 2.24. The fraction of sp³-hybridized carbons (Fsp3) is 0.318. The molecule has 0 aliphatic carbocycles. The van der Waals surface area contributed by atoms with Crippen LogP contribution in [0.25, 0.3) is 22.4 Å². The minimum absolute atomic E-state index is 0.218. The monoisotopic (exact) mass is 455 g/mol. The van der Waals surface area contributed by atoms with Crippen molar-refractivity contribution in [2.75, 3.05) is 14.1 Å². The van der Waals surface area contributed by atoms with E-state index in [2.05, 4.69) is 26.6 Å². The summed E-state index contributed by atoms with van der Waals surface area (Å²) in [5, 5.41) is 3.91. The van der Waals surface area contributed by atoms with E-state index in [1.54, 1.807) is 25.1 Å². The fourth-order valence-corrected chi connectivity index (χ4v) is 4.30. The summed E-state index contributed by atoms with van der Waals surface area (Å²) in [6.45, 7) is 4.84. The van der Waals surface area contributed by atoms with Gasteiger partial charge in [0.05, 0.1) is 15.9 Å². The lowest BCUT2D eigenvalue weighted by Gasteiger charge is -2.11. The summed E-state index contributed by atoms with van der Waals surface area (Å²) in [6, 6.07) is 12.5. The standard InChI is InChI=1S/C22H25N5O4S/c1-5-12-27-20-11-10-18(32(28,29)26(3)4)13-19(20)24-21(27)14-30-17-8-6-16(7-9-17)22-23-15(2)31-25-22/h6-11,13H,5,12,14H2,1-4H3. The van der Waals surface area contributed by atoms with Crippen molar-refractivity contribution < 1.29 is 17.7 Å². The molecule has 0 spiro atoms. The van der Waals surface area contributed by atoms with Crippen LogP contribution in [-0.2, 0) is 23.2 Å². The van der Waals surface area contributed by atoms with Gasteiger partial charge in [0.25, 0.3) is 0 Å². The molecule has 4 aromatic rings. The van der Waals surface area contributed by atoms with E-state index in [0.717, 1.165) is 29.9 Å². The van der Waals surface area contributed by atoms with Crippen molar-refractivity contribution >= 4 is 21.1 Å². The molecule has 4 rings (SSSR count). The molecule has 0 saturated carbocycles. The Bertz CT molecular complexity index is 1340. The van der Waals surface area contributed by atoms with Crippen molar-refractivity contribution in [2.45, 2.75) is 38.3 Å². The van der Waals surface area contributed by atoms with Crippen molar-refractivity contribution in [2.24, 2.45) is 0 Å². The minimum Gasteiger partial charge on any atom is -0.486 e. The zero-order valence-electron chi connectivity index (χ0n) is 18.4. The lowest BCUT2D eigenvalue weighted by Crippen LogP contribution is -2.22. The Morgan fingerprint density at radius 2 is 1.84 bits per heavy atom. The first-order valence-electron chi connectivity index (χ1n) is 10.2. The van der Waals surface area contributed by atoms with Crippen molar-refractivity contribution in [3.8, 4) is 17.1 Å². The summed E-state index contributed by atoms with van der Waals surface area (Å²) >= 11 is 0. The number of sulfonamides is 1. The molecule has 0 bridgehead atoms. The minimum atomic E-state index is -3.53. The van der Waals surface area contributed by atoms with Crippen LogP contribution >= 0.6 is 0 Å². The summed E-state index contributed by atoms with van der Waals surface area (Å²) in [6.07, 6.45) is 0.912. The molecule has 9 nitrogen and oxygen atoms in total. The van der Waals surface area contributed by atoms with Crippen molar-refractivity contribution in [3.05, 3.63) is 54.2 Å². The van der Waals surface area contributed by atoms with Crippen LogP contribution in [0.1, 0.15) is 25.1 Å². The number of hydrogen-bond donors (Lipinski definition) is 0. The van der Waals surface area contributed by atoms with Crippen LogP contribution in [0, 0.1) is 6.92 Å². The molecular weight excluding hydrogens is 430 g/mol. The highest BCUT2D eigenvalue weighted by atomic mass is 32.2. The number of rotatable bonds is 8. The first-order chi connectivity index (χ1) is 15.3. The Labute approximate surface area is 186 Å². The van der Waals surface area contributed by atoms with E-state index >= 15 is 0 Å². The fourth-order valence-electron chi connectivity index (χ4n) is 3.38. The van der Waals surface area contributed by atoms with Crippen LogP contribution in [0.3, 0.4) is 0 Å². The van der Waals surface area contributed by atoms with Gasteiger partial charge in [-0.2, -0.15) is 4.98 Å². The van der Waals surface area contributed by atoms with E-state index in [-0.39, 0.29) is 11.5 Å². The molecule has 0 unspecified atom stereocenters. The summed E-state index contributed by atoms with van der Waals surface area (Å²) in [4.78, 5) is 9.11. The Morgan fingerprint density at radius 3 is 2.47 bits per heavy atom. The van der Waals surface area contributed by atoms with Gasteiger partial charge in [0.2, 0.25) is 21.7 Å². The molecule has 168 valence electrons. The number of hydrogen-bond acceptors (Lipinski definition) is 7. The predicted octanol–water partition coefficient (Wildman–Crippen LogP) is 3.63. The molecule has 0 saturated heterocycles. The zero-order valence-corrected chi connectivity index (χ0v) is 19.3. The second-order valence-electron chi connectivity index (χ2n) is 7.57. The molecule has 0 radical (unpaired) electrons. The Kier molecular flexibility index (Phi) is 5.98. The second kappa shape index (κ2) is 8.71. The average molecular weight is 456 g/mol. The van der Waals surface area contributed by atoms with E-state index in [0.29, 0.717) is 23.0 Å². The van der Waals surface area contributed by atoms with Gasteiger partial charge in [-0.15, -0.1) is 0 Å². The van der Waals surface area contributed by atoms with Crippen molar-refractivity contribution in [1.82, 2.24) is 24.0 Å². The molecule has 0 amide bonds. The Balaban J connectivity index is 1.58. The third-order valence-electron chi connectivity index (χ3n) is 5.03. The molecule has 0 aliphatic heterocycles. The maximum Gasteiger partial charge on any atom is 0.242 e. The van der Waals surface area contributed by atoms with Crippen LogP contribution in [0.5, 0.6) is 5.75 Å². The molecule has 10 heteroatoms. The topological polar surface area (TPSA) is 103 Å². The van der Waals surface area contributed by atoms with Gasteiger partial charge >= 0.3 is 0 Å². The second-order valence-corrected chi connectivity index (χ2v) is 9.72. The first-order valence-corrected chi connectivity index (χ1v) is 11.7. The Morgan fingerprint density at radius 1 is 1.09 bits per heavy atom. The lowest BCUT2D eigenvalue weighted by molar-refractivity contribution is 0.290. The van der Waals surface area contributed by atoms with Gasteiger partial charge in [0.1, 0.15) is 18.2 Å². The predicted molar refractivity (Wildman–Crippen MR) is 120 cm³/mol. The number of aryl methyl sites for hydroxylation is 2. The zero-order chi connectivity index (χ0) is 22.9. The van der Waals surface area contributed by atoms with Crippen molar-refractivity contribution in [3.63, 3.8) is 0 Å². The molecule has 0 fully saturated rings. The van der Waals surface area contributed by atoms with Gasteiger partial charge in [-0.25, -0.2) is 17.7 Å². The normalized spacial score (nSPS) is 12.0. The molecule has 0 atom stereocenters. The van der Waals surface area contributed by atoms with Gasteiger partial charge in [0, 0.05) is 33.1 Å². The highest BCUT2D eigenvalue weighted by molar-refractivity contribution is 7.89. The Hall–Kier alpha value is -3.24. The van der Waals surface area contributed by atoms with Crippen LogP contribution in [0.4, 0.5) is 0 Å². The first kappa shape index (κ1) is 22.0. The highest BCUT2D eigenvalue weighted by Gasteiger charge is 2.20. The number of aromatic nitrogens is 4. The summed E-state index contributed by atoms with van der Waals surface area (Å²) in [7, 11) is -0.502. The largest absolute Gasteiger partial charge is 0.486 e. The molecule has 0 N–H and O–H groups in total. The van der Waals surface area contributed by atoms with Gasteiger partial charge in [-0.3, -0.25) is 0 Å². The number of imidazole rings is 1. The van der Waals surface area contributed by atoms with Crippen molar-refractivity contribution in [1.29, 1.82) is 0 Å². The maximum absolute atomic E-state index is 12.5. The van der Waals surface area contributed by atoms with Gasteiger partial charge < -0.3 is 13.8 Å². The molecule has 2 aromatic carbocycles. The van der Waals surface area contributed by atoms with E-state index in [1.165, 1.54) is 18.4 Å². The lowest BCUT2D eigenvalue weighted by atomic mass is 10.2. The smallest absolute Gasteiger partial charge is 0.242 e. The van der Waals surface area contributed by atoms with Crippen LogP contribution in [-0.4, -0.2) is 46.5 Å².